The molecule has 1 unspecified atom stereocenters. The molecule has 3 heteroatoms. The average Bonchev–Trinajstić information content (AvgIpc) is 2.38. The van der Waals surface area contributed by atoms with Crippen molar-refractivity contribution in [3.05, 3.63) is 29.8 Å². The number of para-hydroxylation sites is 1. The van der Waals surface area contributed by atoms with Gasteiger partial charge in [0.1, 0.15) is 5.75 Å². The molecule has 1 rings (SSSR count). The highest BCUT2D eigenvalue weighted by atomic mass is 16.5. The highest BCUT2D eigenvalue weighted by Gasteiger charge is 2.24. The molecule has 0 aliphatic rings. The first-order valence-corrected chi connectivity index (χ1v) is 6.44. The summed E-state index contributed by atoms with van der Waals surface area (Å²) in [7, 11) is 3.67. The van der Waals surface area contributed by atoms with E-state index < -0.39 is 6.10 Å². The van der Waals surface area contributed by atoms with Gasteiger partial charge >= 0.3 is 0 Å². The van der Waals surface area contributed by atoms with E-state index in [1.807, 2.05) is 31.3 Å². The maximum absolute atomic E-state index is 10.3. The number of rotatable bonds is 6. The normalized spacial score (nSPS) is 13.7. The molecule has 3 nitrogen and oxygen atoms in total. The van der Waals surface area contributed by atoms with Crippen molar-refractivity contribution in [2.24, 2.45) is 0 Å². The fourth-order valence-corrected chi connectivity index (χ4v) is 1.82. The van der Waals surface area contributed by atoms with E-state index in [0.717, 1.165) is 17.7 Å². The predicted octanol–water partition coefficient (Wildman–Crippen LogP) is 2.85. The standard InChI is InChI=1S/C15H25NO2/c1-6-15(2,3)16(4)11-13(17)12-9-7-8-10-14(12)18-5/h7-10,13,17H,6,11H2,1-5H3. The van der Waals surface area contributed by atoms with Crippen molar-refractivity contribution in [1.82, 2.24) is 4.90 Å². The maximum Gasteiger partial charge on any atom is 0.124 e. The summed E-state index contributed by atoms with van der Waals surface area (Å²) in [6, 6.07) is 7.63. The molecule has 18 heavy (non-hydrogen) atoms. The minimum atomic E-state index is -0.531. The molecule has 0 saturated carbocycles. The van der Waals surface area contributed by atoms with Crippen LogP contribution in [-0.2, 0) is 0 Å². The second-order valence-corrected chi connectivity index (χ2v) is 5.30. The van der Waals surface area contributed by atoms with Crippen LogP contribution >= 0.6 is 0 Å². The fourth-order valence-electron chi connectivity index (χ4n) is 1.82. The minimum Gasteiger partial charge on any atom is -0.496 e. The van der Waals surface area contributed by atoms with E-state index in [1.165, 1.54) is 0 Å². The second-order valence-electron chi connectivity index (χ2n) is 5.30. The monoisotopic (exact) mass is 251 g/mol. The molecule has 1 aromatic rings. The Labute approximate surface area is 110 Å². The van der Waals surface area contributed by atoms with Gasteiger partial charge in [-0.25, -0.2) is 0 Å². The first-order chi connectivity index (χ1) is 8.42. The molecule has 0 aliphatic carbocycles. The van der Waals surface area contributed by atoms with Crippen LogP contribution in [-0.4, -0.2) is 36.2 Å². The predicted molar refractivity (Wildman–Crippen MR) is 75.0 cm³/mol. The second kappa shape index (κ2) is 6.21. The lowest BCUT2D eigenvalue weighted by atomic mass is 9.98. The third-order valence-electron chi connectivity index (χ3n) is 3.84. The summed E-state index contributed by atoms with van der Waals surface area (Å²) in [6.45, 7) is 7.12. The number of nitrogens with zero attached hydrogens (tertiary/aromatic N) is 1. The van der Waals surface area contributed by atoms with Crippen molar-refractivity contribution in [2.75, 3.05) is 20.7 Å². The molecule has 0 amide bonds. The zero-order valence-electron chi connectivity index (χ0n) is 12.1. The lowest BCUT2D eigenvalue weighted by Crippen LogP contribution is -2.42. The van der Waals surface area contributed by atoms with Crippen molar-refractivity contribution in [3.8, 4) is 5.75 Å². The molecule has 1 aromatic carbocycles. The molecule has 0 bridgehead atoms. The largest absolute Gasteiger partial charge is 0.496 e. The van der Waals surface area contributed by atoms with Crippen LogP contribution in [0.15, 0.2) is 24.3 Å². The molecule has 0 spiro atoms. The van der Waals surface area contributed by atoms with E-state index in [4.69, 9.17) is 4.74 Å². The quantitative estimate of drug-likeness (QED) is 0.844. The Kier molecular flexibility index (Phi) is 5.17. The van der Waals surface area contributed by atoms with Gasteiger partial charge in [-0.15, -0.1) is 0 Å². The van der Waals surface area contributed by atoms with E-state index in [1.54, 1.807) is 7.11 Å². The van der Waals surface area contributed by atoms with E-state index in [0.29, 0.717) is 6.54 Å². The zero-order valence-corrected chi connectivity index (χ0v) is 12.1. The number of hydrogen-bond acceptors (Lipinski definition) is 3. The molecule has 102 valence electrons. The third-order valence-corrected chi connectivity index (χ3v) is 3.84. The maximum atomic E-state index is 10.3. The Balaban J connectivity index is 2.79. The highest BCUT2D eigenvalue weighted by molar-refractivity contribution is 5.35. The van der Waals surface area contributed by atoms with Crippen molar-refractivity contribution in [3.63, 3.8) is 0 Å². The van der Waals surface area contributed by atoms with Gasteiger partial charge in [-0.05, 0) is 33.4 Å². The molecular formula is C15H25NO2. The van der Waals surface area contributed by atoms with Crippen molar-refractivity contribution >= 4 is 0 Å². The summed E-state index contributed by atoms with van der Waals surface area (Å²) < 4.78 is 5.28. The number of aliphatic hydroxyl groups is 1. The summed E-state index contributed by atoms with van der Waals surface area (Å²) in [5.41, 5.74) is 0.932. The Morgan fingerprint density at radius 2 is 1.94 bits per heavy atom. The van der Waals surface area contributed by atoms with Crippen molar-refractivity contribution < 1.29 is 9.84 Å². The van der Waals surface area contributed by atoms with Gasteiger partial charge in [0.05, 0.1) is 13.2 Å². The summed E-state index contributed by atoms with van der Waals surface area (Å²) in [5.74, 6) is 0.743. The minimum absolute atomic E-state index is 0.0863. The van der Waals surface area contributed by atoms with E-state index in [9.17, 15) is 5.11 Å². The topological polar surface area (TPSA) is 32.7 Å². The first kappa shape index (κ1) is 15.0. The van der Waals surface area contributed by atoms with Crippen LogP contribution in [0.2, 0.25) is 0 Å². The average molecular weight is 251 g/mol. The SMILES string of the molecule is CCC(C)(C)N(C)CC(O)c1ccccc1OC. The number of aliphatic hydroxyl groups excluding tert-OH is 1. The Morgan fingerprint density at radius 3 is 2.50 bits per heavy atom. The van der Waals surface area contributed by atoms with Crippen LogP contribution < -0.4 is 4.74 Å². The lowest BCUT2D eigenvalue weighted by molar-refractivity contribution is 0.0673. The van der Waals surface area contributed by atoms with Crippen LogP contribution in [0.25, 0.3) is 0 Å². The van der Waals surface area contributed by atoms with E-state index >= 15 is 0 Å². The molecule has 0 heterocycles. The van der Waals surface area contributed by atoms with Gasteiger partial charge in [-0.2, -0.15) is 0 Å². The summed E-state index contributed by atoms with van der Waals surface area (Å²) in [5, 5.41) is 10.3. The fraction of sp³-hybridized carbons (Fsp3) is 0.600. The van der Waals surface area contributed by atoms with Crippen LogP contribution in [0.4, 0.5) is 0 Å². The van der Waals surface area contributed by atoms with E-state index in [-0.39, 0.29) is 5.54 Å². The Bertz CT molecular complexity index is 377. The Hall–Kier alpha value is -1.06. The molecule has 0 aliphatic heterocycles. The summed E-state index contributed by atoms with van der Waals surface area (Å²) in [4.78, 5) is 2.18. The molecule has 0 radical (unpaired) electrons. The summed E-state index contributed by atoms with van der Waals surface area (Å²) >= 11 is 0. The molecule has 1 N–H and O–H groups in total. The molecule has 0 saturated heterocycles. The smallest absolute Gasteiger partial charge is 0.124 e. The van der Waals surface area contributed by atoms with Gasteiger partial charge in [-0.3, -0.25) is 4.90 Å². The zero-order chi connectivity index (χ0) is 13.8. The first-order valence-electron chi connectivity index (χ1n) is 6.44. The number of benzene rings is 1. The van der Waals surface area contributed by atoms with Crippen LogP contribution in [0.5, 0.6) is 5.75 Å². The van der Waals surface area contributed by atoms with Gasteiger partial charge in [0, 0.05) is 17.6 Å². The Morgan fingerprint density at radius 1 is 1.33 bits per heavy atom. The lowest BCUT2D eigenvalue weighted by Gasteiger charge is -2.36. The third kappa shape index (κ3) is 3.47. The van der Waals surface area contributed by atoms with Crippen LogP contribution in [0.1, 0.15) is 38.9 Å². The number of hydrogen-bond donors (Lipinski definition) is 1. The van der Waals surface area contributed by atoms with Crippen molar-refractivity contribution in [2.45, 2.75) is 38.8 Å². The van der Waals surface area contributed by atoms with Crippen LogP contribution in [0.3, 0.4) is 0 Å². The number of ether oxygens (including phenoxy) is 1. The summed E-state index contributed by atoms with van der Waals surface area (Å²) in [6.07, 6.45) is 0.513. The number of methoxy groups -OCH3 is 1. The van der Waals surface area contributed by atoms with Gasteiger partial charge < -0.3 is 9.84 Å². The van der Waals surface area contributed by atoms with Crippen molar-refractivity contribution in [1.29, 1.82) is 0 Å². The highest BCUT2D eigenvalue weighted by Crippen LogP contribution is 2.27. The van der Waals surface area contributed by atoms with Crippen LogP contribution in [0, 0.1) is 0 Å². The van der Waals surface area contributed by atoms with Gasteiger partial charge in [0.25, 0.3) is 0 Å². The molecule has 1 atom stereocenters. The van der Waals surface area contributed by atoms with Gasteiger partial charge in [-0.1, -0.05) is 25.1 Å². The number of β-amino-alcohol motifs (C(OH)–C–C–N with tert-alkyl or cyclic N) is 1. The van der Waals surface area contributed by atoms with Gasteiger partial charge in [0.15, 0.2) is 0 Å². The van der Waals surface area contributed by atoms with Gasteiger partial charge in [0.2, 0.25) is 0 Å². The molecule has 0 fully saturated rings. The molecular weight excluding hydrogens is 226 g/mol. The number of likely N-dealkylation sites (N-methyl/N-ethyl adjacent to an activating group) is 1. The van der Waals surface area contributed by atoms with E-state index in [2.05, 4.69) is 25.7 Å². The molecule has 0 aromatic heterocycles.